The lowest BCUT2D eigenvalue weighted by molar-refractivity contribution is -0.121. The predicted octanol–water partition coefficient (Wildman–Crippen LogP) is 1.36. The van der Waals surface area contributed by atoms with Gasteiger partial charge in [-0.25, -0.2) is 4.98 Å². The van der Waals surface area contributed by atoms with Crippen LogP contribution in [0.3, 0.4) is 0 Å². The highest BCUT2D eigenvalue weighted by Gasteiger charge is 2.14. The molecule has 0 aliphatic heterocycles. The number of carbonyl (C=O) groups excluding carboxylic acids is 1. The molecule has 1 atom stereocenters. The summed E-state index contributed by atoms with van der Waals surface area (Å²) in [5.41, 5.74) is 0.861. The molecule has 2 heterocycles. The molecule has 0 radical (unpaired) electrons. The number of imidazole rings is 1. The van der Waals surface area contributed by atoms with Gasteiger partial charge in [0.1, 0.15) is 5.78 Å². The molecule has 0 fully saturated rings. The third kappa shape index (κ3) is 2.31. The van der Waals surface area contributed by atoms with Crippen molar-refractivity contribution in [3.05, 3.63) is 23.5 Å². The molecule has 16 heavy (non-hydrogen) atoms. The standard InChI is InChI=1S/C11H15N3OS/c1-8(6-12-2)10(15)5-9-7-14-3-4-16-11(14)13-9/h3-4,7-8,12H,5-6H2,1-2H3. The van der Waals surface area contributed by atoms with Crippen LogP contribution in [-0.4, -0.2) is 28.8 Å². The first-order valence-electron chi connectivity index (χ1n) is 5.29. The zero-order valence-corrected chi connectivity index (χ0v) is 10.3. The van der Waals surface area contributed by atoms with E-state index in [0.29, 0.717) is 6.42 Å². The molecular formula is C11H15N3OS. The number of ketones is 1. The Morgan fingerprint density at radius 2 is 2.50 bits per heavy atom. The molecule has 5 heteroatoms. The number of aromatic nitrogens is 2. The highest BCUT2D eigenvalue weighted by atomic mass is 32.1. The lowest BCUT2D eigenvalue weighted by Gasteiger charge is -2.07. The maximum atomic E-state index is 11.8. The van der Waals surface area contributed by atoms with Crippen LogP contribution in [0.25, 0.3) is 4.96 Å². The third-order valence-corrected chi connectivity index (χ3v) is 3.33. The number of hydrogen-bond acceptors (Lipinski definition) is 4. The second-order valence-corrected chi connectivity index (χ2v) is 4.80. The number of Topliss-reactive ketones (excluding diaryl/α,β-unsaturated/α-hetero) is 1. The molecule has 0 bridgehead atoms. The molecule has 0 amide bonds. The van der Waals surface area contributed by atoms with Gasteiger partial charge in [0.2, 0.25) is 0 Å². The maximum absolute atomic E-state index is 11.8. The molecule has 0 aliphatic rings. The number of carbonyl (C=O) groups is 1. The van der Waals surface area contributed by atoms with E-state index in [-0.39, 0.29) is 11.7 Å². The lowest BCUT2D eigenvalue weighted by Crippen LogP contribution is -2.24. The Morgan fingerprint density at radius 3 is 3.19 bits per heavy atom. The molecule has 0 saturated heterocycles. The van der Waals surface area contributed by atoms with Crippen LogP contribution in [0.1, 0.15) is 12.6 Å². The fourth-order valence-corrected chi connectivity index (χ4v) is 2.35. The number of thiazole rings is 1. The van der Waals surface area contributed by atoms with Crippen LogP contribution in [0.4, 0.5) is 0 Å². The summed E-state index contributed by atoms with van der Waals surface area (Å²) in [5, 5.41) is 5.00. The quantitative estimate of drug-likeness (QED) is 0.854. The molecule has 1 unspecified atom stereocenters. The number of nitrogens with one attached hydrogen (secondary N) is 1. The Labute approximate surface area is 98.3 Å². The highest BCUT2D eigenvalue weighted by Crippen LogP contribution is 2.12. The molecule has 2 rings (SSSR count). The summed E-state index contributed by atoms with van der Waals surface area (Å²) < 4.78 is 1.95. The van der Waals surface area contributed by atoms with Crippen molar-refractivity contribution >= 4 is 22.1 Å². The molecular weight excluding hydrogens is 222 g/mol. The Bertz CT molecular complexity index is 460. The second kappa shape index (κ2) is 4.76. The van der Waals surface area contributed by atoms with Crippen molar-refractivity contribution < 1.29 is 4.79 Å². The highest BCUT2D eigenvalue weighted by molar-refractivity contribution is 7.15. The summed E-state index contributed by atoms with van der Waals surface area (Å²) in [5.74, 6) is 0.282. The van der Waals surface area contributed by atoms with E-state index >= 15 is 0 Å². The first-order valence-corrected chi connectivity index (χ1v) is 6.17. The minimum atomic E-state index is 0.0461. The molecule has 0 aromatic carbocycles. The molecule has 4 nitrogen and oxygen atoms in total. The van der Waals surface area contributed by atoms with Gasteiger partial charge in [-0.2, -0.15) is 0 Å². The molecule has 0 saturated carbocycles. The van der Waals surface area contributed by atoms with Crippen LogP contribution in [0.2, 0.25) is 0 Å². The van der Waals surface area contributed by atoms with E-state index in [0.717, 1.165) is 17.2 Å². The number of fused-ring (bicyclic) bond motifs is 1. The van der Waals surface area contributed by atoms with Crippen LogP contribution in [0.5, 0.6) is 0 Å². The van der Waals surface area contributed by atoms with E-state index in [1.54, 1.807) is 11.3 Å². The SMILES string of the molecule is CNCC(C)C(=O)Cc1cn2ccsc2n1. The van der Waals surface area contributed by atoms with Crippen molar-refractivity contribution in [2.24, 2.45) is 5.92 Å². The number of nitrogens with zero attached hydrogens (tertiary/aromatic N) is 2. The summed E-state index contributed by atoms with van der Waals surface area (Å²) in [6.45, 7) is 2.66. The van der Waals surface area contributed by atoms with Gasteiger partial charge in [-0.05, 0) is 7.05 Å². The first-order chi connectivity index (χ1) is 7.70. The van der Waals surface area contributed by atoms with Crippen molar-refractivity contribution in [1.82, 2.24) is 14.7 Å². The predicted molar refractivity (Wildman–Crippen MR) is 64.9 cm³/mol. The van der Waals surface area contributed by atoms with Gasteiger partial charge in [0.25, 0.3) is 0 Å². The molecule has 0 spiro atoms. The monoisotopic (exact) mass is 237 g/mol. The zero-order valence-electron chi connectivity index (χ0n) is 9.43. The number of hydrogen-bond donors (Lipinski definition) is 1. The van der Waals surface area contributed by atoms with E-state index in [4.69, 9.17) is 0 Å². The minimum Gasteiger partial charge on any atom is -0.319 e. The van der Waals surface area contributed by atoms with E-state index < -0.39 is 0 Å². The van der Waals surface area contributed by atoms with Crippen molar-refractivity contribution in [1.29, 1.82) is 0 Å². The van der Waals surface area contributed by atoms with Gasteiger partial charge < -0.3 is 5.32 Å². The fourth-order valence-electron chi connectivity index (χ4n) is 1.63. The van der Waals surface area contributed by atoms with Crippen LogP contribution >= 0.6 is 11.3 Å². The second-order valence-electron chi connectivity index (χ2n) is 3.93. The topological polar surface area (TPSA) is 46.4 Å². The summed E-state index contributed by atoms with van der Waals surface area (Å²) in [6.07, 6.45) is 4.31. The zero-order chi connectivity index (χ0) is 11.5. The molecule has 2 aromatic rings. The summed E-state index contributed by atoms with van der Waals surface area (Å²) in [7, 11) is 1.86. The van der Waals surface area contributed by atoms with Crippen molar-refractivity contribution in [3.8, 4) is 0 Å². The Morgan fingerprint density at radius 1 is 1.69 bits per heavy atom. The van der Waals surface area contributed by atoms with Crippen LogP contribution < -0.4 is 5.32 Å². The van der Waals surface area contributed by atoms with Crippen LogP contribution in [0.15, 0.2) is 17.8 Å². The van der Waals surface area contributed by atoms with Crippen molar-refractivity contribution in [2.45, 2.75) is 13.3 Å². The summed E-state index contributed by atoms with van der Waals surface area (Å²) >= 11 is 1.58. The molecule has 0 aliphatic carbocycles. The van der Waals surface area contributed by atoms with Gasteiger partial charge in [0, 0.05) is 30.2 Å². The minimum absolute atomic E-state index is 0.0461. The lowest BCUT2D eigenvalue weighted by atomic mass is 10.0. The van der Waals surface area contributed by atoms with Gasteiger partial charge in [0.15, 0.2) is 4.96 Å². The van der Waals surface area contributed by atoms with Crippen molar-refractivity contribution in [2.75, 3.05) is 13.6 Å². The Balaban J connectivity index is 2.04. The summed E-state index contributed by atoms with van der Waals surface area (Å²) in [4.78, 5) is 17.2. The van der Waals surface area contributed by atoms with Gasteiger partial charge in [-0.3, -0.25) is 9.20 Å². The van der Waals surface area contributed by atoms with E-state index in [1.807, 2.05) is 36.1 Å². The van der Waals surface area contributed by atoms with Crippen LogP contribution in [-0.2, 0) is 11.2 Å². The third-order valence-electron chi connectivity index (χ3n) is 2.56. The van der Waals surface area contributed by atoms with E-state index in [2.05, 4.69) is 10.3 Å². The molecule has 86 valence electrons. The fraction of sp³-hybridized carbons (Fsp3) is 0.455. The molecule has 2 aromatic heterocycles. The maximum Gasteiger partial charge on any atom is 0.193 e. The van der Waals surface area contributed by atoms with Gasteiger partial charge in [-0.1, -0.05) is 6.92 Å². The normalized spacial score (nSPS) is 13.1. The smallest absolute Gasteiger partial charge is 0.193 e. The largest absolute Gasteiger partial charge is 0.319 e. The van der Waals surface area contributed by atoms with Gasteiger partial charge in [-0.15, -0.1) is 11.3 Å². The Kier molecular flexibility index (Phi) is 3.36. The van der Waals surface area contributed by atoms with Gasteiger partial charge >= 0.3 is 0 Å². The number of rotatable bonds is 5. The average molecular weight is 237 g/mol. The van der Waals surface area contributed by atoms with E-state index in [9.17, 15) is 4.79 Å². The molecule has 1 N–H and O–H groups in total. The van der Waals surface area contributed by atoms with Crippen molar-refractivity contribution in [3.63, 3.8) is 0 Å². The summed E-state index contributed by atoms with van der Waals surface area (Å²) in [6, 6.07) is 0. The Hall–Kier alpha value is -1.20. The van der Waals surface area contributed by atoms with Crippen LogP contribution in [0, 0.1) is 5.92 Å². The average Bonchev–Trinajstić information content (AvgIpc) is 2.78. The first kappa shape index (κ1) is 11.3. The van der Waals surface area contributed by atoms with Gasteiger partial charge in [0.05, 0.1) is 12.1 Å². The van der Waals surface area contributed by atoms with E-state index in [1.165, 1.54) is 0 Å².